The van der Waals surface area contributed by atoms with Crippen LogP contribution in [0.5, 0.6) is 5.88 Å². The highest BCUT2D eigenvalue weighted by atomic mass is 16.3. The van der Waals surface area contributed by atoms with E-state index in [1.54, 1.807) is 6.07 Å². The summed E-state index contributed by atoms with van der Waals surface area (Å²) in [5, 5.41) is 18.8. The maximum Gasteiger partial charge on any atom is 0.260 e. The molecule has 76 valence electrons. The van der Waals surface area contributed by atoms with E-state index in [1.807, 2.05) is 0 Å². The SMILES string of the molecule is C=C/C=c1/c(=C)c(C#N)c(O)n(C)c1=O. The van der Waals surface area contributed by atoms with Crippen LogP contribution in [0, 0.1) is 11.3 Å². The Morgan fingerprint density at radius 3 is 2.67 bits per heavy atom. The van der Waals surface area contributed by atoms with Gasteiger partial charge in [-0.25, -0.2) is 0 Å². The largest absolute Gasteiger partial charge is 0.493 e. The second kappa shape index (κ2) is 3.84. The Balaban J connectivity index is 4.06. The number of hydrogen-bond donors (Lipinski definition) is 1. The highest BCUT2D eigenvalue weighted by Gasteiger charge is 2.08. The number of pyridine rings is 1. The van der Waals surface area contributed by atoms with Crippen molar-refractivity contribution in [1.82, 2.24) is 4.57 Å². The number of nitrogens with zero attached hydrogens (tertiary/aromatic N) is 2. The summed E-state index contributed by atoms with van der Waals surface area (Å²) in [7, 11) is 1.39. The van der Waals surface area contributed by atoms with Crippen LogP contribution < -0.4 is 16.0 Å². The lowest BCUT2D eigenvalue weighted by atomic mass is 10.2. The van der Waals surface area contributed by atoms with Gasteiger partial charge in [0.25, 0.3) is 5.56 Å². The fraction of sp³-hybridized carbons (Fsp3) is 0.0909. The summed E-state index contributed by atoms with van der Waals surface area (Å²) in [6, 6.07) is 1.80. The van der Waals surface area contributed by atoms with Gasteiger partial charge in [0.15, 0.2) is 0 Å². The van der Waals surface area contributed by atoms with Crippen molar-refractivity contribution in [2.75, 3.05) is 0 Å². The van der Waals surface area contributed by atoms with Gasteiger partial charge in [0, 0.05) is 17.5 Å². The van der Waals surface area contributed by atoms with Crippen molar-refractivity contribution in [3.05, 3.63) is 39.0 Å². The highest BCUT2D eigenvalue weighted by molar-refractivity contribution is 5.45. The van der Waals surface area contributed by atoms with Crippen LogP contribution in [0.2, 0.25) is 0 Å². The molecular weight excluding hydrogens is 192 g/mol. The van der Waals surface area contributed by atoms with Gasteiger partial charge >= 0.3 is 0 Å². The first-order valence-corrected chi connectivity index (χ1v) is 4.18. The lowest BCUT2D eigenvalue weighted by molar-refractivity contribution is 0.420. The molecule has 0 aromatic carbocycles. The molecule has 4 nitrogen and oxygen atoms in total. The van der Waals surface area contributed by atoms with E-state index in [4.69, 9.17) is 5.26 Å². The summed E-state index contributed by atoms with van der Waals surface area (Å²) in [5.74, 6) is -0.367. The van der Waals surface area contributed by atoms with Crippen molar-refractivity contribution >= 4 is 12.7 Å². The van der Waals surface area contributed by atoms with Gasteiger partial charge in [0.2, 0.25) is 5.88 Å². The van der Waals surface area contributed by atoms with Crippen molar-refractivity contribution in [3.63, 3.8) is 0 Å². The number of aromatic hydroxyl groups is 1. The monoisotopic (exact) mass is 202 g/mol. The summed E-state index contributed by atoms with van der Waals surface area (Å²) in [6.45, 7) is 7.07. The van der Waals surface area contributed by atoms with Crippen molar-refractivity contribution < 1.29 is 5.11 Å². The molecule has 0 atom stereocenters. The van der Waals surface area contributed by atoms with Gasteiger partial charge < -0.3 is 5.11 Å². The Morgan fingerprint density at radius 2 is 2.20 bits per heavy atom. The molecule has 0 spiro atoms. The topological polar surface area (TPSA) is 66.0 Å². The molecule has 0 aliphatic carbocycles. The average Bonchev–Trinajstić information content (AvgIpc) is 2.22. The minimum Gasteiger partial charge on any atom is -0.493 e. The first-order chi connectivity index (χ1) is 7.04. The number of hydrogen-bond acceptors (Lipinski definition) is 3. The molecule has 0 aliphatic heterocycles. The highest BCUT2D eigenvalue weighted by Crippen LogP contribution is 2.04. The van der Waals surface area contributed by atoms with Crippen LogP contribution in [-0.4, -0.2) is 9.67 Å². The molecule has 0 bridgehead atoms. The molecule has 0 radical (unpaired) electrons. The van der Waals surface area contributed by atoms with E-state index in [9.17, 15) is 9.90 Å². The first-order valence-electron chi connectivity index (χ1n) is 4.18. The quantitative estimate of drug-likeness (QED) is 0.657. The molecule has 1 heterocycles. The molecule has 0 amide bonds. The van der Waals surface area contributed by atoms with Crippen molar-refractivity contribution in [2.24, 2.45) is 7.05 Å². The number of nitriles is 1. The van der Waals surface area contributed by atoms with Gasteiger partial charge in [0.1, 0.15) is 11.6 Å². The van der Waals surface area contributed by atoms with Crippen molar-refractivity contribution in [1.29, 1.82) is 5.26 Å². The average molecular weight is 202 g/mol. The van der Waals surface area contributed by atoms with E-state index in [1.165, 1.54) is 19.2 Å². The molecule has 0 saturated heterocycles. The molecular formula is C11H10N2O2. The maximum absolute atomic E-state index is 11.6. The Bertz CT molecular complexity index is 618. The zero-order valence-corrected chi connectivity index (χ0v) is 8.32. The van der Waals surface area contributed by atoms with Crippen LogP contribution in [-0.2, 0) is 7.05 Å². The van der Waals surface area contributed by atoms with Crippen molar-refractivity contribution in [3.8, 4) is 11.9 Å². The van der Waals surface area contributed by atoms with Crippen LogP contribution in [0.15, 0.2) is 17.4 Å². The Labute approximate surface area is 86.3 Å². The van der Waals surface area contributed by atoms with Gasteiger partial charge in [-0.15, -0.1) is 0 Å². The Hall–Kier alpha value is -2.28. The normalized spacial score (nSPS) is 11.1. The molecule has 0 saturated carbocycles. The van der Waals surface area contributed by atoms with Gasteiger partial charge in [-0.05, 0) is 6.08 Å². The van der Waals surface area contributed by atoms with E-state index >= 15 is 0 Å². The molecule has 0 aliphatic rings. The smallest absolute Gasteiger partial charge is 0.260 e. The minimum atomic E-state index is -0.406. The Kier molecular flexibility index (Phi) is 2.77. The zero-order valence-electron chi connectivity index (χ0n) is 8.32. The third-order valence-electron chi connectivity index (χ3n) is 2.10. The predicted molar refractivity (Wildman–Crippen MR) is 57.5 cm³/mol. The number of aromatic nitrogens is 1. The van der Waals surface area contributed by atoms with E-state index < -0.39 is 5.56 Å². The first kappa shape index (κ1) is 10.8. The summed E-state index contributed by atoms with van der Waals surface area (Å²) < 4.78 is 1.00. The van der Waals surface area contributed by atoms with Gasteiger partial charge in [-0.1, -0.05) is 19.2 Å². The second-order valence-electron chi connectivity index (χ2n) is 2.97. The molecule has 15 heavy (non-hydrogen) atoms. The van der Waals surface area contributed by atoms with Gasteiger partial charge in [0.05, 0.1) is 0 Å². The lowest BCUT2D eigenvalue weighted by Crippen LogP contribution is -2.44. The molecule has 1 rings (SSSR count). The minimum absolute atomic E-state index is 0.00481. The van der Waals surface area contributed by atoms with Crippen LogP contribution >= 0.6 is 0 Å². The van der Waals surface area contributed by atoms with Gasteiger partial charge in [-0.3, -0.25) is 9.36 Å². The molecule has 0 unspecified atom stereocenters. The number of rotatable bonds is 1. The van der Waals surface area contributed by atoms with E-state index in [0.29, 0.717) is 0 Å². The zero-order chi connectivity index (χ0) is 11.6. The third-order valence-corrected chi connectivity index (χ3v) is 2.10. The Morgan fingerprint density at radius 1 is 1.60 bits per heavy atom. The summed E-state index contributed by atoms with van der Waals surface area (Å²) >= 11 is 0. The van der Waals surface area contributed by atoms with Gasteiger partial charge in [-0.2, -0.15) is 5.26 Å². The predicted octanol–water partition coefficient (Wildman–Crippen LogP) is -0.661. The van der Waals surface area contributed by atoms with E-state index in [0.717, 1.165) is 4.57 Å². The van der Waals surface area contributed by atoms with Crippen LogP contribution in [0.1, 0.15) is 5.56 Å². The van der Waals surface area contributed by atoms with Crippen molar-refractivity contribution in [2.45, 2.75) is 0 Å². The maximum atomic E-state index is 11.6. The van der Waals surface area contributed by atoms with E-state index in [-0.39, 0.29) is 21.9 Å². The molecule has 1 aromatic rings. The molecule has 0 fully saturated rings. The van der Waals surface area contributed by atoms with E-state index in [2.05, 4.69) is 13.2 Å². The fourth-order valence-corrected chi connectivity index (χ4v) is 1.25. The third kappa shape index (κ3) is 1.55. The summed E-state index contributed by atoms with van der Waals surface area (Å²) in [4.78, 5) is 11.6. The fourth-order valence-electron chi connectivity index (χ4n) is 1.25. The van der Waals surface area contributed by atoms with Crippen LogP contribution in [0.4, 0.5) is 0 Å². The molecule has 1 N–H and O–H groups in total. The van der Waals surface area contributed by atoms with Crippen LogP contribution in [0.3, 0.4) is 0 Å². The molecule has 4 heteroatoms. The number of allylic oxidation sites excluding steroid dienone is 1. The summed E-state index contributed by atoms with van der Waals surface area (Å²) in [5.41, 5.74) is -0.401. The lowest BCUT2D eigenvalue weighted by Gasteiger charge is -2.03. The summed E-state index contributed by atoms with van der Waals surface area (Å²) in [6.07, 6.45) is 2.90. The van der Waals surface area contributed by atoms with Crippen LogP contribution in [0.25, 0.3) is 12.7 Å². The molecule has 1 aromatic heterocycles. The standard InChI is InChI=1S/C11H10N2O2/c1-4-5-8-7(2)9(6-12)11(15)13(3)10(8)14/h4-5,15H,1-2H2,3H3/b8-5-. The second-order valence-corrected chi connectivity index (χ2v) is 2.97.